The molecule has 0 bridgehead atoms. The number of halogens is 1. The maximum absolute atomic E-state index is 13.8. The number of nitrogens with zero attached hydrogens (tertiary/aromatic N) is 2. The van der Waals surface area contributed by atoms with Crippen LogP contribution < -0.4 is 5.73 Å². The Morgan fingerprint density at radius 3 is 2.78 bits per heavy atom. The van der Waals surface area contributed by atoms with Gasteiger partial charge in [0, 0.05) is 19.0 Å². The van der Waals surface area contributed by atoms with Crippen LogP contribution in [-0.2, 0) is 6.54 Å². The van der Waals surface area contributed by atoms with Crippen LogP contribution in [0, 0.1) is 5.82 Å². The second-order valence-electron chi connectivity index (χ2n) is 4.57. The van der Waals surface area contributed by atoms with Crippen LogP contribution in [0.2, 0.25) is 0 Å². The highest BCUT2D eigenvalue weighted by molar-refractivity contribution is 5.76. The lowest BCUT2D eigenvalue weighted by Gasteiger charge is -2.14. The zero-order chi connectivity index (χ0) is 13.1. The number of nitrogens with two attached hydrogens (primary N) is 1. The Morgan fingerprint density at radius 1 is 1.39 bits per heavy atom. The molecule has 2 aromatic rings. The van der Waals surface area contributed by atoms with E-state index in [0.717, 1.165) is 30.7 Å². The van der Waals surface area contributed by atoms with Gasteiger partial charge in [0.05, 0.1) is 5.52 Å². The molecule has 0 saturated carbocycles. The Labute approximate surface area is 107 Å². The van der Waals surface area contributed by atoms with E-state index in [1.54, 1.807) is 6.07 Å². The first-order valence-corrected chi connectivity index (χ1v) is 6.57. The molecule has 1 atom stereocenters. The zero-order valence-corrected chi connectivity index (χ0v) is 11.0. The molecule has 0 aliphatic heterocycles. The van der Waals surface area contributed by atoms with Crippen LogP contribution in [0.15, 0.2) is 18.2 Å². The van der Waals surface area contributed by atoms with Gasteiger partial charge >= 0.3 is 0 Å². The number of para-hydroxylation sites is 1. The average molecular weight is 249 g/mol. The number of rotatable bonds is 5. The molecule has 0 radical (unpaired) electrons. The molecule has 0 aliphatic rings. The normalized spacial score (nSPS) is 13.1. The average Bonchev–Trinajstić information content (AvgIpc) is 2.73. The first-order valence-electron chi connectivity index (χ1n) is 6.57. The Hall–Kier alpha value is -1.42. The summed E-state index contributed by atoms with van der Waals surface area (Å²) in [6.07, 6.45) is 1.92. The fourth-order valence-corrected chi connectivity index (χ4v) is 2.36. The van der Waals surface area contributed by atoms with Crippen LogP contribution in [0.5, 0.6) is 0 Å². The van der Waals surface area contributed by atoms with E-state index in [0.29, 0.717) is 12.1 Å². The van der Waals surface area contributed by atoms with Crippen molar-refractivity contribution in [2.24, 2.45) is 5.73 Å². The number of benzene rings is 1. The van der Waals surface area contributed by atoms with Crippen LogP contribution in [-0.4, -0.2) is 16.1 Å². The van der Waals surface area contributed by atoms with Gasteiger partial charge in [0.1, 0.15) is 11.3 Å². The number of hydrogen-bond donors (Lipinski definition) is 1. The Kier molecular flexibility index (Phi) is 3.97. The maximum Gasteiger partial charge on any atom is 0.151 e. The smallest absolute Gasteiger partial charge is 0.151 e. The number of aromatic nitrogens is 2. The highest BCUT2D eigenvalue weighted by Crippen LogP contribution is 2.25. The van der Waals surface area contributed by atoms with Gasteiger partial charge in [-0.25, -0.2) is 9.37 Å². The lowest BCUT2D eigenvalue weighted by Crippen LogP contribution is -2.17. The summed E-state index contributed by atoms with van der Waals surface area (Å²) in [5.74, 6) is 0.862. The van der Waals surface area contributed by atoms with E-state index in [4.69, 9.17) is 5.73 Å². The highest BCUT2D eigenvalue weighted by atomic mass is 19.1. The highest BCUT2D eigenvalue weighted by Gasteiger charge is 2.18. The first-order chi connectivity index (χ1) is 8.72. The van der Waals surface area contributed by atoms with Gasteiger partial charge in [0.25, 0.3) is 0 Å². The van der Waals surface area contributed by atoms with Crippen molar-refractivity contribution in [3.8, 4) is 0 Å². The predicted octanol–water partition coefficient (Wildman–Crippen LogP) is 3.04. The molecule has 1 aromatic carbocycles. The number of fused-ring (bicyclic) bond motifs is 1. The molecule has 0 spiro atoms. The van der Waals surface area contributed by atoms with Crippen molar-refractivity contribution in [1.82, 2.24) is 9.55 Å². The molecule has 0 amide bonds. The summed E-state index contributed by atoms with van der Waals surface area (Å²) in [6, 6.07) is 5.12. The fraction of sp³-hybridized carbons (Fsp3) is 0.500. The van der Waals surface area contributed by atoms with E-state index in [-0.39, 0.29) is 11.7 Å². The van der Waals surface area contributed by atoms with E-state index in [1.807, 2.05) is 6.07 Å². The monoisotopic (exact) mass is 249 g/mol. The molecule has 1 aromatic heterocycles. The lowest BCUT2D eigenvalue weighted by atomic mass is 10.1. The molecule has 1 heterocycles. The van der Waals surface area contributed by atoms with Crippen molar-refractivity contribution in [3.05, 3.63) is 29.8 Å². The summed E-state index contributed by atoms with van der Waals surface area (Å²) in [7, 11) is 0. The summed E-state index contributed by atoms with van der Waals surface area (Å²) in [4.78, 5) is 4.48. The molecule has 98 valence electrons. The third-order valence-electron chi connectivity index (χ3n) is 3.35. The van der Waals surface area contributed by atoms with Gasteiger partial charge in [-0.15, -0.1) is 0 Å². The van der Waals surface area contributed by atoms with Crippen molar-refractivity contribution in [1.29, 1.82) is 0 Å². The second kappa shape index (κ2) is 5.48. The van der Waals surface area contributed by atoms with Crippen LogP contribution >= 0.6 is 0 Å². The number of aryl methyl sites for hydroxylation is 1. The third-order valence-corrected chi connectivity index (χ3v) is 3.35. The largest absolute Gasteiger partial charge is 0.330 e. The predicted molar refractivity (Wildman–Crippen MR) is 72.1 cm³/mol. The van der Waals surface area contributed by atoms with Crippen LogP contribution in [0.1, 0.15) is 38.4 Å². The molecule has 1 unspecified atom stereocenters. The summed E-state index contributed by atoms with van der Waals surface area (Å²) in [6.45, 7) is 5.60. The molecule has 2 rings (SSSR count). The number of imidazole rings is 1. The minimum atomic E-state index is -0.254. The summed E-state index contributed by atoms with van der Waals surface area (Å²) in [5, 5.41) is 0. The quantitative estimate of drug-likeness (QED) is 0.885. The van der Waals surface area contributed by atoms with Crippen LogP contribution in [0.3, 0.4) is 0 Å². The van der Waals surface area contributed by atoms with E-state index in [9.17, 15) is 4.39 Å². The van der Waals surface area contributed by atoms with E-state index in [2.05, 4.69) is 23.4 Å². The zero-order valence-electron chi connectivity index (χ0n) is 11.0. The summed E-state index contributed by atoms with van der Waals surface area (Å²) < 4.78 is 15.9. The first kappa shape index (κ1) is 13.0. The Bertz CT molecular complexity index is 529. The molecule has 4 heteroatoms. The van der Waals surface area contributed by atoms with Crippen molar-refractivity contribution in [2.75, 3.05) is 6.54 Å². The van der Waals surface area contributed by atoms with Crippen molar-refractivity contribution < 1.29 is 4.39 Å². The lowest BCUT2D eigenvalue weighted by molar-refractivity contribution is 0.567. The summed E-state index contributed by atoms with van der Waals surface area (Å²) in [5.41, 5.74) is 7.13. The molecular formula is C14H20FN3. The standard InChI is InChI=1S/C14H20FN3/c1-3-8-18-12-7-5-6-11(15)13(12)17-14(18)10(4-2)9-16/h5-7,10H,3-4,8-9,16H2,1-2H3. The van der Waals surface area contributed by atoms with Crippen LogP contribution in [0.25, 0.3) is 11.0 Å². The van der Waals surface area contributed by atoms with Crippen molar-refractivity contribution in [2.45, 2.75) is 39.2 Å². The van der Waals surface area contributed by atoms with Gasteiger partial charge in [-0.05, 0) is 25.0 Å². The van der Waals surface area contributed by atoms with Gasteiger partial charge in [-0.2, -0.15) is 0 Å². The molecule has 2 N–H and O–H groups in total. The molecular weight excluding hydrogens is 229 g/mol. The summed E-state index contributed by atoms with van der Waals surface area (Å²) >= 11 is 0. The third kappa shape index (κ3) is 2.12. The van der Waals surface area contributed by atoms with E-state index >= 15 is 0 Å². The maximum atomic E-state index is 13.8. The van der Waals surface area contributed by atoms with Crippen molar-refractivity contribution >= 4 is 11.0 Å². The molecule has 0 fully saturated rings. The molecule has 0 aliphatic carbocycles. The second-order valence-corrected chi connectivity index (χ2v) is 4.57. The van der Waals surface area contributed by atoms with Gasteiger partial charge < -0.3 is 10.3 Å². The molecule has 0 saturated heterocycles. The Morgan fingerprint density at radius 2 is 2.17 bits per heavy atom. The fourth-order valence-electron chi connectivity index (χ4n) is 2.36. The topological polar surface area (TPSA) is 43.8 Å². The number of hydrogen-bond acceptors (Lipinski definition) is 2. The SMILES string of the molecule is CCCn1c(C(CC)CN)nc2c(F)cccc21. The van der Waals surface area contributed by atoms with Gasteiger partial charge in [-0.1, -0.05) is 19.9 Å². The van der Waals surface area contributed by atoms with E-state index < -0.39 is 0 Å². The Balaban J connectivity index is 2.64. The minimum Gasteiger partial charge on any atom is -0.330 e. The van der Waals surface area contributed by atoms with Gasteiger partial charge in [0.15, 0.2) is 5.82 Å². The minimum absolute atomic E-state index is 0.198. The van der Waals surface area contributed by atoms with Crippen molar-refractivity contribution in [3.63, 3.8) is 0 Å². The molecule has 18 heavy (non-hydrogen) atoms. The van der Waals surface area contributed by atoms with Gasteiger partial charge in [-0.3, -0.25) is 0 Å². The van der Waals surface area contributed by atoms with E-state index in [1.165, 1.54) is 6.07 Å². The van der Waals surface area contributed by atoms with Crippen LogP contribution in [0.4, 0.5) is 4.39 Å². The molecule has 3 nitrogen and oxygen atoms in total. The van der Waals surface area contributed by atoms with Gasteiger partial charge in [0.2, 0.25) is 0 Å².